The summed E-state index contributed by atoms with van der Waals surface area (Å²) in [6.07, 6.45) is 6.89. The average molecular weight is 218 g/mol. The molecule has 1 saturated carbocycles. The molecule has 1 fully saturated rings. The van der Waals surface area contributed by atoms with Crippen LogP contribution in [0, 0.1) is 17.8 Å². The first-order chi connectivity index (χ1) is 7.63. The minimum Gasteiger partial charge on any atom is -0.295 e. The van der Waals surface area contributed by atoms with Crippen LogP contribution in [0.2, 0.25) is 0 Å². The van der Waals surface area contributed by atoms with Gasteiger partial charge in [-0.2, -0.15) is 0 Å². The van der Waals surface area contributed by atoms with Crippen LogP contribution in [-0.2, 0) is 9.59 Å². The van der Waals surface area contributed by atoms with Gasteiger partial charge < -0.3 is 0 Å². The highest BCUT2D eigenvalue weighted by Gasteiger charge is 2.35. The Bertz CT molecular complexity index is 328. The molecule has 3 unspecified atom stereocenters. The largest absolute Gasteiger partial charge is 0.295 e. The molecule has 16 heavy (non-hydrogen) atoms. The van der Waals surface area contributed by atoms with Crippen molar-refractivity contribution in [2.45, 2.75) is 19.3 Å². The summed E-state index contributed by atoms with van der Waals surface area (Å²) >= 11 is 0. The average Bonchev–Trinajstić information content (AvgIpc) is 2.36. The summed E-state index contributed by atoms with van der Waals surface area (Å²) < 4.78 is 0. The van der Waals surface area contributed by atoms with Crippen molar-refractivity contribution in [2.24, 2.45) is 17.8 Å². The monoisotopic (exact) mass is 218 g/mol. The van der Waals surface area contributed by atoms with E-state index in [0.29, 0.717) is 12.3 Å². The Morgan fingerprint density at radius 3 is 2.00 bits per heavy atom. The molecule has 3 atom stereocenters. The molecule has 0 aromatic rings. The summed E-state index contributed by atoms with van der Waals surface area (Å²) in [4.78, 5) is 23.4. The van der Waals surface area contributed by atoms with E-state index in [0.717, 1.165) is 12.8 Å². The zero-order valence-electron chi connectivity index (χ0n) is 9.52. The third kappa shape index (κ3) is 2.57. The maximum absolute atomic E-state index is 11.7. The van der Waals surface area contributed by atoms with Crippen molar-refractivity contribution in [3.05, 3.63) is 38.0 Å². The van der Waals surface area contributed by atoms with Crippen LogP contribution in [0.5, 0.6) is 0 Å². The molecule has 0 radical (unpaired) electrons. The third-order valence-corrected chi connectivity index (χ3v) is 3.36. The van der Waals surface area contributed by atoms with Crippen LogP contribution >= 0.6 is 0 Å². The van der Waals surface area contributed by atoms with Gasteiger partial charge in [0.1, 0.15) is 0 Å². The molecule has 0 saturated heterocycles. The lowest BCUT2D eigenvalue weighted by atomic mass is 9.70. The highest BCUT2D eigenvalue weighted by Crippen LogP contribution is 2.36. The predicted octanol–water partition coefficient (Wildman–Crippen LogP) is 2.72. The second-order valence-electron chi connectivity index (χ2n) is 4.23. The Morgan fingerprint density at radius 1 is 0.938 bits per heavy atom. The lowest BCUT2D eigenvalue weighted by Gasteiger charge is -2.32. The third-order valence-electron chi connectivity index (χ3n) is 3.36. The number of ketones is 2. The molecule has 1 aliphatic rings. The van der Waals surface area contributed by atoms with Crippen molar-refractivity contribution in [1.29, 1.82) is 0 Å². The summed E-state index contributed by atoms with van der Waals surface area (Å²) in [6.45, 7) is 10.7. The highest BCUT2D eigenvalue weighted by atomic mass is 16.1. The molecule has 0 amide bonds. The van der Waals surface area contributed by atoms with Crippen LogP contribution in [0.25, 0.3) is 0 Å². The standard InChI is InChI=1S/C14H18O2/c1-4-10-7-8-11(13(15)5-2)12(9-10)14(16)6-3/h4-6,10-12H,1-3,7-9H2. The fraction of sp³-hybridized carbons (Fsp3) is 0.429. The van der Waals surface area contributed by atoms with E-state index in [1.165, 1.54) is 12.2 Å². The van der Waals surface area contributed by atoms with Crippen molar-refractivity contribution in [3.8, 4) is 0 Å². The molecular weight excluding hydrogens is 200 g/mol. The second kappa shape index (κ2) is 5.59. The zero-order valence-corrected chi connectivity index (χ0v) is 9.52. The normalized spacial score (nSPS) is 29.1. The fourth-order valence-corrected chi connectivity index (χ4v) is 2.37. The Kier molecular flexibility index (Phi) is 4.41. The molecular formula is C14H18O2. The van der Waals surface area contributed by atoms with E-state index in [4.69, 9.17) is 0 Å². The topological polar surface area (TPSA) is 34.1 Å². The Balaban J connectivity index is 2.87. The van der Waals surface area contributed by atoms with Gasteiger partial charge in [0.25, 0.3) is 0 Å². The Hall–Kier alpha value is -1.44. The zero-order chi connectivity index (χ0) is 12.1. The van der Waals surface area contributed by atoms with Gasteiger partial charge in [-0.25, -0.2) is 0 Å². The van der Waals surface area contributed by atoms with E-state index in [9.17, 15) is 9.59 Å². The molecule has 0 spiro atoms. The van der Waals surface area contributed by atoms with E-state index < -0.39 is 0 Å². The van der Waals surface area contributed by atoms with Crippen molar-refractivity contribution in [3.63, 3.8) is 0 Å². The maximum atomic E-state index is 11.7. The van der Waals surface area contributed by atoms with E-state index in [-0.39, 0.29) is 23.4 Å². The van der Waals surface area contributed by atoms with Gasteiger partial charge in [0.15, 0.2) is 11.6 Å². The first-order valence-corrected chi connectivity index (χ1v) is 5.59. The van der Waals surface area contributed by atoms with Crippen molar-refractivity contribution in [2.75, 3.05) is 0 Å². The number of rotatable bonds is 5. The van der Waals surface area contributed by atoms with Gasteiger partial charge in [-0.15, -0.1) is 6.58 Å². The van der Waals surface area contributed by atoms with Crippen LogP contribution in [-0.4, -0.2) is 11.6 Å². The summed E-state index contributed by atoms with van der Waals surface area (Å²) in [5.74, 6) is -0.170. The van der Waals surface area contributed by atoms with Gasteiger partial charge in [-0.3, -0.25) is 9.59 Å². The molecule has 1 rings (SSSR count). The minimum absolute atomic E-state index is 0.0253. The van der Waals surface area contributed by atoms with Crippen LogP contribution in [0.15, 0.2) is 38.0 Å². The molecule has 0 heterocycles. The minimum atomic E-state index is -0.236. The van der Waals surface area contributed by atoms with Crippen molar-refractivity contribution < 1.29 is 9.59 Å². The molecule has 2 nitrogen and oxygen atoms in total. The summed E-state index contributed by atoms with van der Waals surface area (Å²) in [5.41, 5.74) is 0. The maximum Gasteiger partial charge on any atom is 0.158 e. The first kappa shape index (κ1) is 12.6. The van der Waals surface area contributed by atoms with Crippen LogP contribution in [0.3, 0.4) is 0 Å². The lowest BCUT2D eigenvalue weighted by Crippen LogP contribution is -2.33. The van der Waals surface area contributed by atoms with Crippen molar-refractivity contribution >= 4 is 11.6 Å². The summed E-state index contributed by atoms with van der Waals surface area (Å²) in [5, 5.41) is 0. The van der Waals surface area contributed by atoms with E-state index >= 15 is 0 Å². The van der Waals surface area contributed by atoms with Crippen LogP contribution in [0.1, 0.15) is 19.3 Å². The molecule has 2 heteroatoms. The smallest absolute Gasteiger partial charge is 0.158 e. The SMILES string of the molecule is C=CC(=O)C1CCC(C=C)CC1C(=O)C=C. The number of hydrogen-bond donors (Lipinski definition) is 0. The fourth-order valence-electron chi connectivity index (χ4n) is 2.37. The Labute approximate surface area is 96.7 Å². The molecule has 1 aliphatic carbocycles. The second-order valence-corrected chi connectivity index (χ2v) is 4.23. The number of carbonyl (C=O) groups is 2. The lowest BCUT2D eigenvalue weighted by molar-refractivity contribution is -0.129. The van der Waals surface area contributed by atoms with Gasteiger partial charge in [-0.1, -0.05) is 19.2 Å². The summed E-state index contributed by atoms with van der Waals surface area (Å²) in [7, 11) is 0. The van der Waals surface area contributed by atoms with E-state index in [1.807, 2.05) is 6.08 Å². The van der Waals surface area contributed by atoms with Gasteiger partial charge in [0, 0.05) is 11.8 Å². The Morgan fingerprint density at radius 2 is 1.50 bits per heavy atom. The van der Waals surface area contributed by atoms with Crippen molar-refractivity contribution in [1.82, 2.24) is 0 Å². The van der Waals surface area contributed by atoms with Gasteiger partial charge in [0.2, 0.25) is 0 Å². The first-order valence-electron chi connectivity index (χ1n) is 5.59. The molecule has 0 aromatic heterocycles. The molecule has 86 valence electrons. The molecule has 0 bridgehead atoms. The number of carbonyl (C=O) groups excluding carboxylic acids is 2. The van der Waals surface area contributed by atoms with Gasteiger partial charge >= 0.3 is 0 Å². The molecule has 0 aromatic carbocycles. The van der Waals surface area contributed by atoms with E-state index in [2.05, 4.69) is 19.7 Å². The quantitative estimate of drug-likeness (QED) is 0.525. The number of hydrogen-bond acceptors (Lipinski definition) is 2. The summed E-state index contributed by atoms with van der Waals surface area (Å²) in [6, 6.07) is 0. The van der Waals surface area contributed by atoms with Gasteiger partial charge in [0.05, 0.1) is 0 Å². The van der Waals surface area contributed by atoms with Crippen LogP contribution in [0.4, 0.5) is 0 Å². The molecule has 0 N–H and O–H groups in total. The molecule has 0 aliphatic heterocycles. The predicted molar refractivity (Wildman–Crippen MR) is 64.9 cm³/mol. The highest BCUT2D eigenvalue weighted by molar-refractivity contribution is 5.99. The van der Waals surface area contributed by atoms with Gasteiger partial charge in [-0.05, 0) is 37.3 Å². The number of allylic oxidation sites excluding steroid dienone is 3. The van der Waals surface area contributed by atoms with E-state index in [1.54, 1.807) is 0 Å². The van der Waals surface area contributed by atoms with Crippen LogP contribution < -0.4 is 0 Å².